The molecule has 0 atom stereocenters. The van der Waals surface area contributed by atoms with Gasteiger partial charge in [0.2, 0.25) is 0 Å². The van der Waals surface area contributed by atoms with E-state index in [-0.39, 0.29) is 0 Å². The average Bonchev–Trinajstić information content (AvgIpc) is 2.89. The van der Waals surface area contributed by atoms with Crippen LogP contribution in [0, 0.1) is 0 Å². The Labute approximate surface area is 112 Å². The summed E-state index contributed by atoms with van der Waals surface area (Å²) in [5.74, 6) is 0.574. The van der Waals surface area contributed by atoms with Crippen LogP contribution in [0.4, 0.5) is 0 Å². The normalized spacial score (nSPS) is 16.9. The molecule has 1 aromatic carbocycles. The van der Waals surface area contributed by atoms with E-state index in [4.69, 9.17) is 11.6 Å². The number of benzene rings is 1. The van der Waals surface area contributed by atoms with Crippen molar-refractivity contribution in [3.8, 4) is 5.69 Å². The van der Waals surface area contributed by atoms with Crippen molar-refractivity contribution in [2.24, 2.45) is 0 Å². The van der Waals surface area contributed by atoms with Crippen LogP contribution in [0.25, 0.3) is 5.69 Å². The third-order valence-corrected chi connectivity index (χ3v) is 3.86. The van der Waals surface area contributed by atoms with E-state index < -0.39 is 0 Å². The molecular weight excluding hydrogens is 246 g/mol. The molecule has 3 nitrogen and oxygen atoms in total. The van der Waals surface area contributed by atoms with Gasteiger partial charge in [0, 0.05) is 17.8 Å². The van der Waals surface area contributed by atoms with Gasteiger partial charge in [-0.05, 0) is 38.1 Å². The Kier molecular flexibility index (Phi) is 3.35. The number of halogens is 1. The third-order valence-electron chi connectivity index (χ3n) is 3.54. The van der Waals surface area contributed by atoms with Gasteiger partial charge in [-0.2, -0.15) is 0 Å². The van der Waals surface area contributed by atoms with Crippen molar-refractivity contribution in [3.63, 3.8) is 0 Å². The number of rotatable bonds is 2. The predicted molar refractivity (Wildman–Crippen MR) is 73.4 cm³/mol. The Morgan fingerprint density at radius 2 is 2.00 bits per heavy atom. The van der Waals surface area contributed by atoms with Crippen molar-refractivity contribution < 1.29 is 0 Å². The maximum atomic E-state index is 6.27. The minimum Gasteiger partial charge on any atom is -0.317 e. The summed E-state index contributed by atoms with van der Waals surface area (Å²) in [4.78, 5) is 4.30. The van der Waals surface area contributed by atoms with Crippen molar-refractivity contribution >= 4 is 11.6 Å². The number of para-hydroxylation sites is 1. The second-order valence-electron chi connectivity index (χ2n) is 4.66. The van der Waals surface area contributed by atoms with Gasteiger partial charge in [-0.25, -0.2) is 4.98 Å². The standard InChI is InChI=1S/C14H16ClN3/c15-12-3-1-2-4-13(12)18-10-17-9-14(18)11-5-7-16-8-6-11/h1-4,9-11,16H,5-8H2. The lowest BCUT2D eigenvalue weighted by molar-refractivity contribution is 0.449. The molecule has 2 heterocycles. The zero-order valence-electron chi connectivity index (χ0n) is 10.1. The minimum atomic E-state index is 0.574. The van der Waals surface area contributed by atoms with Crippen LogP contribution in [-0.4, -0.2) is 22.6 Å². The summed E-state index contributed by atoms with van der Waals surface area (Å²) in [6, 6.07) is 7.91. The monoisotopic (exact) mass is 261 g/mol. The fraction of sp³-hybridized carbons (Fsp3) is 0.357. The summed E-state index contributed by atoms with van der Waals surface area (Å²) in [5.41, 5.74) is 2.29. The van der Waals surface area contributed by atoms with E-state index in [1.165, 1.54) is 5.69 Å². The molecule has 4 heteroatoms. The van der Waals surface area contributed by atoms with Crippen LogP contribution in [-0.2, 0) is 0 Å². The first kappa shape index (κ1) is 11.8. The highest BCUT2D eigenvalue weighted by Gasteiger charge is 2.19. The van der Waals surface area contributed by atoms with Gasteiger partial charge in [0.05, 0.1) is 17.0 Å². The highest BCUT2D eigenvalue weighted by Crippen LogP contribution is 2.29. The van der Waals surface area contributed by atoms with E-state index in [9.17, 15) is 0 Å². The van der Waals surface area contributed by atoms with Crippen LogP contribution in [0.3, 0.4) is 0 Å². The molecule has 1 fully saturated rings. The summed E-state index contributed by atoms with van der Waals surface area (Å²) >= 11 is 6.27. The molecule has 94 valence electrons. The largest absolute Gasteiger partial charge is 0.317 e. The maximum absolute atomic E-state index is 6.27. The Balaban J connectivity index is 1.98. The molecule has 1 saturated heterocycles. The Morgan fingerprint density at radius 3 is 2.78 bits per heavy atom. The number of piperidine rings is 1. The topological polar surface area (TPSA) is 29.9 Å². The fourth-order valence-corrected chi connectivity index (χ4v) is 2.80. The third kappa shape index (κ3) is 2.16. The number of imidazole rings is 1. The molecule has 0 radical (unpaired) electrons. The highest BCUT2D eigenvalue weighted by molar-refractivity contribution is 6.32. The Bertz CT molecular complexity index is 529. The van der Waals surface area contributed by atoms with Crippen LogP contribution in [0.15, 0.2) is 36.8 Å². The summed E-state index contributed by atoms with van der Waals surface area (Å²) in [5, 5.41) is 4.16. The lowest BCUT2D eigenvalue weighted by Gasteiger charge is -2.23. The zero-order valence-corrected chi connectivity index (χ0v) is 10.9. The smallest absolute Gasteiger partial charge is 0.0994 e. The van der Waals surface area contributed by atoms with Crippen molar-refractivity contribution in [3.05, 3.63) is 47.5 Å². The molecule has 0 bridgehead atoms. The van der Waals surface area contributed by atoms with Gasteiger partial charge in [0.25, 0.3) is 0 Å². The molecule has 1 aromatic heterocycles. The molecule has 1 aliphatic rings. The van der Waals surface area contributed by atoms with Crippen molar-refractivity contribution in [1.82, 2.24) is 14.9 Å². The van der Waals surface area contributed by atoms with Crippen molar-refractivity contribution in [2.45, 2.75) is 18.8 Å². The number of hydrogen-bond acceptors (Lipinski definition) is 2. The molecule has 0 spiro atoms. The van der Waals surface area contributed by atoms with Gasteiger partial charge in [0.15, 0.2) is 0 Å². The second-order valence-corrected chi connectivity index (χ2v) is 5.07. The predicted octanol–water partition coefficient (Wildman–Crippen LogP) is 2.99. The first-order chi connectivity index (χ1) is 8.86. The molecular formula is C14H16ClN3. The van der Waals surface area contributed by atoms with Gasteiger partial charge in [-0.15, -0.1) is 0 Å². The Hall–Kier alpha value is -1.32. The number of hydrogen-bond donors (Lipinski definition) is 1. The zero-order chi connectivity index (χ0) is 12.4. The number of nitrogens with one attached hydrogen (secondary N) is 1. The molecule has 0 amide bonds. The van der Waals surface area contributed by atoms with E-state index in [1.54, 1.807) is 0 Å². The molecule has 2 aromatic rings. The lowest BCUT2D eigenvalue weighted by atomic mass is 9.95. The molecule has 1 N–H and O–H groups in total. The minimum absolute atomic E-state index is 0.574. The molecule has 0 unspecified atom stereocenters. The Morgan fingerprint density at radius 1 is 1.22 bits per heavy atom. The fourth-order valence-electron chi connectivity index (χ4n) is 2.57. The SMILES string of the molecule is Clc1ccccc1-n1cncc1C1CCNCC1. The number of aromatic nitrogens is 2. The molecule has 18 heavy (non-hydrogen) atoms. The molecule has 1 aliphatic heterocycles. The van der Waals surface area contributed by atoms with Crippen LogP contribution < -0.4 is 5.32 Å². The van der Waals surface area contributed by atoms with Gasteiger partial charge in [0.1, 0.15) is 0 Å². The molecule has 0 aliphatic carbocycles. The van der Waals surface area contributed by atoms with Gasteiger partial charge in [-0.3, -0.25) is 0 Å². The molecule has 0 saturated carbocycles. The van der Waals surface area contributed by atoms with E-state index >= 15 is 0 Å². The summed E-state index contributed by atoms with van der Waals surface area (Å²) in [7, 11) is 0. The summed E-state index contributed by atoms with van der Waals surface area (Å²) < 4.78 is 2.12. The van der Waals surface area contributed by atoms with E-state index in [2.05, 4.69) is 14.9 Å². The van der Waals surface area contributed by atoms with Crippen LogP contribution in [0.2, 0.25) is 5.02 Å². The van der Waals surface area contributed by atoms with Crippen LogP contribution >= 0.6 is 11.6 Å². The van der Waals surface area contributed by atoms with Crippen LogP contribution in [0.5, 0.6) is 0 Å². The first-order valence-electron chi connectivity index (χ1n) is 6.34. The highest BCUT2D eigenvalue weighted by atomic mass is 35.5. The summed E-state index contributed by atoms with van der Waals surface area (Å²) in [6.07, 6.45) is 6.16. The first-order valence-corrected chi connectivity index (χ1v) is 6.72. The summed E-state index contributed by atoms with van der Waals surface area (Å²) in [6.45, 7) is 2.16. The quantitative estimate of drug-likeness (QED) is 0.901. The van der Waals surface area contributed by atoms with E-state index in [0.717, 1.165) is 36.6 Å². The van der Waals surface area contributed by atoms with Gasteiger partial charge in [-0.1, -0.05) is 23.7 Å². The number of nitrogens with zero attached hydrogens (tertiary/aromatic N) is 2. The van der Waals surface area contributed by atoms with Crippen molar-refractivity contribution in [2.75, 3.05) is 13.1 Å². The van der Waals surface area contributed by atoms with Crippen LogP contribution in [0.1, 0.15) is 24.5 Å². The maximum Gasteiger partial charge on any atom is 0.0994 e. The molecule has 3 rings (SSSR count). The van der Waals surface area contributed by atoms with E-state index in [1.807, 2.05) is 36.8 Å². The second kappa shape index (κ2) is 5.12. The van der Waals surface area contributed by atoms with E-state index in [0.29, 0.717) is 5.92 Å². The lowest BCUT2D eigenvalue weighted by Crippen LogP contribution is -2.27. The average molecular weight is 262 g/mol. The van der Waals surface area contributed by atoms with Gasteiger partial charge >= 0.3 is 0 Å². The van der Waals surface area contributed by atoms with Gasteiger partial charge < -0.3 is 9.88 Å². The van der Waals surface area contributed by atoms with Crippen molar-refractivity contribution in [1.29, 1.82) is 0 Å².